The van der Waals surface area contributed by atoms with E-state index in [1.54, 1.807) is 30.5 Å². The number of anilines is 1. The Kier molecular flexibility index (Phi) is 6.08. The molecule has 1 saturated heterocycles. The summed E-state index contributed by atoms with van der Waals surface area (Å²) in [6.45, 7) is 3.59. The third-order valence-corrected chi connectivity index (χ3v) is 4.11. The van der Waals surface area contributed by atoms with Crippen LogP contribution in [0.25, 0.3) is 0 Å². The molecule has 2 heterocycles. The zero-order valence-electron chi connectivity index (χ0n) is 14.8. The van der Waals surface area contributed by atoms with Gasteiger partial charge in [0.1, 0.15) is 18.1 Å². The summed E-state index contributed by atoms with van der Waals surface area (Å²) in [6.07, 6.45) is 3.45. The second-order valence-electron chi connectivity index (χ2n) is 5.78. The monoisotopic (exact) mass is 357 g/mol. The summed E-state index contributed by atoms with van der Waals surface area (Å²) in [6, 6.07) is 9.07. The summed E-state index contributed by atoms with van der Waals surface area (Å²) < 4.78 is 10.7. The number of nitrogens with one attached hydrogen (secondary N) is 1. The molecule has 8 nitrogen and oxygen atoms in total. The molecule has 8 heteroatoms. The quantitative estimate of drug-likeness (QED) is 0.787. The highest BCUT2D eigenvalue weighted by Crippen LogP contribution is 2.16. The number of nitrogens with zero attached hydrogens (tertiary/aromatic N) is 4. The minimum Gasteiger partial charge on any atom is -0.497 e. The fourth-order valence-electron chi connectivity index (χ4n) is 2.67. The van der Waals surface area contributed by atoms with Gasteiger partial charge in [-0.15, -0.1) is 0 Å². The highest BCUT2D eigenvalue weighted by Gasteiger charge is 2.22. The van der Waals surface area contributed by atoms with Crippen LogP contribution in [0.2, 0.25) is 0 Å². The van der Waals surface area contributed by atoms with Crippen LogP contribution in [0.5, 0.6) is 11.5 Å². The summed E-state index contributed by atoms with van der Waals surface area (Å²) in [4.78, 5) is 24.6. The summed E-state index contributed by atoms with van der Waals surface area (Å²) in [5, 5.41) is 2.89. The van der Waals surface area contributed by atoms with E-state index in [0.29, 0.717) is 32.2 Å². The number of carbonyl (C=O) groups excluding carboxylic acids is 1. The molecule has 0 bridgehead atoms. The lowest BCUT2D eigenvalue weighted by atomic mass is 10.3. The number of ether oxygens (including phenoxy) is 2. The number of carbonyl (C=O) groups is 1. The summed E-state index contributed by atoms with van der Waals surface area (Å²) in [5.41, 5.74) is 0. The third-order valence-electron chi connectivity index (χ3n) is 4.11. The van der Waals surface area contributed by atoms with Gasteiger partial charge in [-0.3, -0.25) is 0 Å². The van der Waals surface area contributed by atoms with Gasteiger partial charge in [-0.1, -0.05) is 0 Å². The molecule has 1 aromatic heterocycles. The highest BCUT2D eigenvalue weighted by molar-refractivity contribution is 5.74. The van der Waals surface area contributed by atoms with Gasteiger partial charge in [-0.05, 0) is 30.3 Å². The number of urea groups is 1. The molecule has 2 amide bonds. The standard InChI is InChI=1S/C18H23N5O3/c1-25-15-3-5-16(6-4-15)26-14-9-21-18(24)23-12-10-22(11-13-23)17-19-7-2-8-20-17/h2-8H,9-14H2,1H3,(H,21,24). The minimum atomic E-state index is -0.0723. The van der Waals surface area contributed by atoms with Gasteiger partial charge < -0.3 is 24.6 Å². The summed E-state index contributed by atoms with van der Waals surface area (Å²) in [5.74, 6) is 2.24. The van der Waals surface area contributed by atoms with Gasteiger partial charge >= 0.3 is 6.03 Å². The number of methoxy groups -OCH3 is 1. The first kappa shape index (κ1) is 17.8. The van der Waals surface area contributed by atoms with Crippen molar-refractivity contribution >= 4 is 12.0 Å². The number of piperazine rings is 1. The first-order chi connectivity index (χ1) is 12.8. The molecule has 1 aliphatic heterocycles. The molecule has 1 N–H and O–H groups in total. The van der Waals surface area contributed by atoms with Crippen molar-refractivity contribution in [2.75, 3.05) is 51.3 Å². The maximum atomic E-state index is 12.2. The van der Waals surface area contributed by atoms with Gasteiger partial charge in [0.25, 0.3) is 0 Å². The normalized spacial score (nSPS) is 14.0. The fraction of sp³-hybridized carbons (Fsp3) is 0.389. The molecule has 138 valence electrons. The zero-order valence-corrected chi connectivity index (χ0v) is 14.8. The maximum Gasteiger partial charge on any atom is 0.317 e. The Morgan fingerprint density at radius 3 is 2.38 bits per heavy atom. The Morgan fingerprint density at radius 2 is 1.73 bits per heavy atom. The number of rotatable bonds is 6. The van der Waals surface area contributed by atoms with Crippen molar-refractivity contribution in [2.24, 2.45) is 0 Å². The lowest BCUT2D eigenvalue weighted by Gasteiger charge is -2.34. The molecule has 3 rings (SSSR count). The topological polar surface area (TPSA) is 79.8 Å². The molecule has 1 aromatic carbocycles. The van der Waals surface area contributed by atoms with Crippen LogP contribution in [0.15, 0.2) is 42.7 Å². The molecule has 0 saturated carbocycles. The van der Waals surface area contributed by atoms with E-state index in [9.17, 15) is 4.79 Å². The molecule has 1 aliphatic rings. The molecule has 1 fully saturated rings. The van der Waals surface area contributed by atoms with Crippen LogP contribution in [-0.4, -0.2) is 67.3 Å². The van der Waals surface area contributed by atoms with E-state index < -0.39 is 0 Å². The maximum absolute atomic E-state index is 12.2. The average molecular weight is 357 g/mol. The Labute approximate surface area is 152 Å². The second kappa shape index (κ2) is 8.89. The second-order valence-corrected chi connectivity index (χ2v) is 5.78. The van der Waals surface area contributed by atoms with E-state index in [-0.39, 0.29) is 6.03 Å². The van der Waals surface area contributed by atoms with Gasteiger partial charge in [-0.2, -0.15) is 0 Å². The van der Waals surface area contributed by atoms with Crippen LogP contribution in [-0.2, 0) is 0 Å². The Morgan fingerprint density at radius 1 is 1.08 bits per heavy atom. The van der Waals surface area contributed by atoms with E-state index in [2.05, 4.69) is 20.2 Å². The van der Waals surface area contributed by atoms with Crippen LogP contribution in [0.4, 0.5) is 10.7 Å². The fourth-order valence-corrected chi connectivity index (χ4v) is 2.67. The van der Waals surface area contributed by atoms with E-state index in [1.807, 2.05) is 24.3 Å². The van der Waals surface area contributed by atoms with Crippen molar-refractivity contribution in [2.45, 2.75) is 0 Å². The van der Waals surface area contributed by atoms with Crippen molar-refractivity contribution in [3.05, 3.63) is 42.7 Å². The molecule has 0 unspecified atom stereocenters. The molecule has 0 atom stereocenters. The number of amides is 2. The van der Waals surface area contributed by atoms with E-state index in [1.165, 1.54) is 0 Å². The van der Waals surface area contributed by atoms with E-state index >= 15 is 0 Å². The highest BCUT2D eigenvalue weighted by atomic mass is 16.5. The van der Waals surface area contributed by atoms with Crippen molar-refractivity contribution in [1.29, 1.82) is 0 Å². The van der Waals surface area contributed by atoms with Crippen LogP contribution >= 0.6 is 0 Å². The molecular weight excluding hydrogens is 334 g/mol. The number of benzene rings is 1. The predicted molar refractivity (Wildman–Crippen MR) is 97.7 cm³/mol. The number of hydrogen-bond acceptors (Lipinski definition) is 6. The third kappa shape index (κ3) is 4.75. The summed E-state index contributed by atoms with van der Waals surface area (Å²) >= 11 is 0. The molecule has 0 radical (unpaired) electrons. The van der Waals surface area contributed by atoms with Crippen molar-refractivity contribution in [3.8, 4) is 11.5 Å². The molecule has 0 spiro atoms. The van der Waals surface area contributed by atoms with Crippen molar-refractivity contribution in [3.63, 3.8) is 0 Å². The first-order valence-corrected chi connectivity index (χ1v) is 8.58. The lowest BCUT2D eigenvalue weighted by molar-refractivity contribution is 0.191. The Hall–Kier alpha value is -3.03. The van der Waals surface area contributed by atoms with E-state index in [4.69, 9.17) is 9.47 Å². The predicted octanol–water partition coefficient (Wildman–Crippen LogP) is 1.40. The Balaban J connectivity index is 1.35. The van der Waals surface area contributed by atoms with Gasteiger partial charge in [0.2, 0.25) is 5.95 Å². The van der Waals surface area contributed by atoms with Crippen LogP contribution in [0.3, 0.4) is 0 Å². The average Bonchev–Trinajstić information content (AvgIpc) is 2.72. The Bertz CT molecular complexity index is 688. The zero-order chi connectivity index (χ0) is 18.2. The van der Waals surface area contributed by atoms with Crippen molar-refractivity contribution in [1.82, 2.24) is 20.2 Å². The van der Waals surface area contributed by atoms with Crippen molar-refractivity contribution < 1.29 is 14.3 Å². The van der Waals surface area contributed by atoms with E-state index in [0.717, 1.165) is 24.6 Å². The molecule has 26 heavy (non-hydrogen) atoms. The largest absolute Gasteiger partial charge is 0.497 e. The minimum absolute atomic E-state index is 0.0723. The lowest BCUT2D eigenvalue weighted by Crippen LogP contribution is -2.52. The molecule has 2 aromatic rings. The SMILES string of the molecule is COc1ccc(OCCNC(=O)N2CCN(c3ncccn3)CC2)cc1. The molecular formula is C18H23N5O3. The van der Waals surface area contributed by atoms with Gasteiger partial charge in [0, 0.05) is 38.6 Å². The molecule has 0 aliphatic carbocycles. The van der Waals surface area contributed by atoms with Gasteiger partial charge in [-0.25, -0.2) is 14.8 Å². The first-order valence-electron chi connectivity index (χ1n) is 8.58. The van der Waals surface area contributed by atoms with Gasteiger partial charge in [0.15, 0.2) is 0 Å². The number of hydrogen-bond donors (Lipinski definition) is 1. The van der Waals surface area contributed by atoms with Crippen LogP contribution < -0.4 is 19.7 Å². The van der Waals surface area contributed by atoms with Crippen LogP contribution in [0.1, 0.15) is 0 Å². The van der Waals surface area contributed by atoms with Gasteiger partial charge in [0.05, 0.1) is 13.7 Å². The van der Waals surface area contributed by atoms with Crippen LogP contribution in [0, 0.1) is 0 Å². The summed E-state index contributed by atoms with van der Waals surface area (Å²) in [7, 11) is 1.62. The number of aromatic nitrogens is 2. The smallest absolute Gasteiger partial charge is 0.317 e.